The first-order valence-electron chi connectivity index (χ1n) is 7.52. The Labute approximate surface area is 127 Å². The van der Waals surface area contributed by atoms with Gasteiger partial charge in [-0.3, -0.25) is 0 Å². The fourth-order valence-electron chi connectivity index (χ4n) is 2.51. The summed E-state index contributed by atoms with van der Waals surface area (Å²) in [5, 5.41) is 18.8. The van der Waals surface area contributed by atoms with Crippen molar-refractivity contribution in [3.8, 4) is 11.8 Å². The lowest BCUT2D eigenvalue weighted by Gasteiger charge is -2.37. The molecule has 0 amide bonds. The molecule has 0 saturated carbocycles. The molecule has 1 unspecified atom stereocenters. The lowest BCUT2D eigenvalue weighted by atomic mass is 9.82. The first-order valence-corrected chi connectivity index (χ1v) is 7.52. The molecule has 0 aliphatic carbocycles. The van der Waals surface area contributed by atoms with Gasteiger partial charge >= 0.3 is 0 Å². The molecule has 0 radical (unpaired) electrons. The third kappa shape index (κ3) is 5.04. The van der Waals surface area contributed by atoms with E-state index in [0.717, 1.165) is 13.1 Å². The van der Waals surface area contributed by atoms with Gasteiger partial charge < -0.3 is 14.7 Å². The highest BCUT2D eigenvalue weighted by atomic mass is 16.5. The summed E-state index contributed by atoms with van der Waals surface area (Å²) in [6, 6.07) is 9.02. The van der Waals surface area contributed by atoms with Crippen LogP contribution in [-0.4, -0.2) is 42.4 Å². The molecule has 2 rings (SSSR count). The van der Waals surface area contributed by atoms with Crippen LogP contribution in [0.2, 0.25) is 0 Å². The SMILES string of the molecule is CC1(C)CCN(CC(O)COc2ccc(C#N)cc2)CC1. The number of piperidine rings is 1. The Morgan fingerprint density at radius 3 is 2.48 bits per heavy atom. The van der Waals surface area contributed by atoms with E-state index in [2.05, 4.69) is 24.8 Å². The van der Waals surface area contributed by atoms with E-state index >= 15 is 0 Å². The first kappa shape index (κ1) is 15.8. The lowest BCUT2D eigenvalue weighted by molar-refractivity contribution is 0.0442. The highest BCUT2D eigenvalue weighted by molar-refractivity contribution is 5.34. The van der Waals surface area contributed by atoms with Crippen molar-refractivity contribution in [1.29, 1.82) is 5.26 Å². The number of hydrogen-bond donors (Lipinski definition) is 1. The summed E-state index contributed by atoms with van der Waals surface area (Å²) < 4.78 is 5.56. The number of hydrogen-bond acceptors (Lipinski definition) is 4. The zero-order chi connectivity index (χ0) is 15.3. The van der Waals surface area contributed by atoms with Gasteiger partial charge in [0.25, 0.3) is 0 Å². The molecule has 0 bridgehead atoms. The van der Waals surface area contributed by atoms with E-state index in [0.29, 0.717) is 23.3 Å². The summed E-state index contributed by atoms with van der Waals surface area (Å²) in [5.74, 6) is 0.688. The predicted molar refractivity (Wildman–Crippen MR) is 82.1 cm³/mol. The number of benzene rings is 1. The van der Waals surface area contributed by atoms with Crippen LogP contribution in [0.5, 0.6) is 5.75 Å². The fourth-order valence-corrected chi connectivity index (χ4v) is 2.51. The van der Waals surface area contributed by atoms with Gasteiger partial charge in [0.15, 0.2) is 0 Å². The standard InChI is InChI=1S/C17H24N2O2/c1-17(2)7-9-19(10-8-17)12-15(20)13-21-16-5-3-14(11-18)4-6-16/h3-6,15,20H,7-10,12-13H2,1-2H3. The Balaban J connectivity index is 1.72. The van der Waals surface area contributed by atoms with Crippen molar-refractivity contribution >= 4 is 0 Å². The van der Waals surface area contributed by atoms with Gasteiger partial charge in [0.2, 0.25) is 0 Å². The summed E-state index contributed by atoms with van der Waals surface area (Å²) in [6.45, 7) is 7.63. The summed E-state index contributed by atoms with van der Waals surface area (Å²) in [6.07, 6.45) is 1.87. The van der Waals surface area contributed by atoms with E-state index in [1.807, 2.05) is 0 Å². The molecular formula is C17H24N2O2. The summed E-state index contributed by atoms with van der Waals surface area (Å²) in [4.78, 5) is 2.30. The quantitative estimate of drug-likeness (QED) is 0.904. The van der Waals surface area contributed by atoms with Gasteiger partial charge in [-0.25, -0.2) is 0 Å². The second-order valence-electron chi connectivity index (χ2n) is 6.57. The summed E-state index contributed by atoms with van der Waals surface area (Å²) in [7, 11) is 0. The molecule has 1 atom stereocenters. The van der Waals surface area contributed by atoms with Crippen molar-refractivity contribution in [3.63, 3.8) is 0 Å². The first-order chi connectivity index (χ1) is 9.98. The largest absolute Gasteiger partial charge is 0.491 e. The zero-order valence-corrected chi connectivity index (χ0v) is 12.9. The maximum absolute atomic E-state index is 10.1. The minimum absolute atomic E-state index is 0.284. The lowest BCUT2D eigenvalue weighted by Crippen LogP contribution is -2.42. The molecule has 0 aromatic heterocycles. The fraction of sp³-hybridized carbons (Fsp3) is 0.588. The van der Waals surface area contributed by atoms with Crippen molar-refractivity contribution < 1.29 is 9.84 Å². The van der Waals surface area contributed by atoms with E-state index < -0.39 is 6.10 Å². The number of aliphatic hydroxyl groups excluding tert-OH is 1. The van der Waals surface area contributed by atoms with E-state index in [4.69, 9.17) is 10.00 Å². The normalized spacial score (nSPS) is 19.7. The van der Waals surface area contributed by atoms with E-state index in [1.165, 1.54) is 12.8 Å². The summed E-state index contributed by atoms with van der Waals surface area (Å²) >= 11 is 0. The number of nitrogens with zero attached hydrogens (tertiary/aromatic N) is 2. The van der Waals surface area contributed by atoms with Crippen LogP contribution in [0.15, 0.2) is 24.3 Å². The highest BCUT2D eigenvalue weighted by Gasteiger charge is 2.26. The molecule has 21 heavy (non-hydrogen) atoms. The average Bonchev–Trinajstić information content (AvgIpc) is 2.48. The van der Waals surface area contributed by atoms with Crippen molar-refractivity contribution in [1.82, 2.24) is 4.90 Å². The van der Waals surface area contributed by atoms with Crippen LogP contribution in [0.1, 0.15) is 32.3 Å². The number of rotatable bonds is 5. The number of likely N-dealkylation sites (tertiary alicyclic amines) is 1. The smallest absolute Gasteiger partial charge is 0.119 e. The maximum atomic E-state index is 10.1. The second kappa shape index (κ2) is 6.93. The average molecular weight is 288 g/mol. The van der Waals surface area contributed by atoms with Gasteiger partial charge in [-0.2, -0.15) is 5.26 Å². The molecule has 1 aromatic carbocycles. The molecule has 4 heteroatoms. The van der Waals surface area contributed by atoms with Crippen LogP contribution >= 0.6 is 0 Å². The van der Waals surface area contributed by atoms with Crippen LogP contribution in [-0.2, 0) is 0 Å². The zero-order valence-electron chi connectivity index (χ0n) is 12.9. The molecule has 1 N–H and O–H groups in total. The van der Waals surface area contributed by atoms with E-state index in [9.17, 15) is 5.11 Å². The van der Waals surface area contributed by atoms with Crippen molar-refractivity contribution in [2.45, 2.75) is 32.8 Å². The van der Waals surface area contributed by atoms with Crippen LogP contribution in [0.3, 0.4) is 0 Å². The topological polar surface area (TPSA) is 56.5 Å². The molecular weight excluding hydrogens is 264 g/mol. The number of nitriles is 1. The number of β-amino-alcohol motifs (C(OH)–C–C–N with tert-alkyl or cyclic N) is 1. The minimum atomic E-state index is -0.484. The third-order valence-corrected chi connectivity index (χ3v) is 4.10. The third-order valence-electron chi connectivity index (χ3n) is 4.10. The molecule has 1 aliphatic rings. The molecule has 1 fully saturated rings. The number of aliphatic hydroxyl groups is 1. The van der Waals surface area contributed by atoms with Gasteiger partial charge in [0, 0.05) is 6.54 Å². The van der Waals surface area contributed by atoms with E-state index in [-0.39, 0.29) is 6.61 Å². The Hall–Kier alpha value is -1.57. The molecule has 1 aliphatic heterocycles. The van der Waals surface area contributed by atoms with Crippen LogP contribution in [0, 0.1) is 16.7 Å². The van der Waals surface area contributed by atoms with Crippen LogP contribution in [0.4, 0.5) is 0 Å². The van der Waals surface area contributed by atoms with E-state index in [1.54, 1.807) is 24.3 Å². The molecule has 1 saturated heterocycles. The summed E-state index contributed by atoms with van der Waals surface area (Å²) in [5.41, 5.74) is 1.04. The molecule has 114 valence electrons. The molecule has 1 heterocycles. The number of ether oxygens (including phenoxy) is 1. The Morgan fingerprint density at radius 2 is 1.90 bits per heavy atom. The minimum Gasteiger partial charge on any atom is -0.491 e. The Bertz CT molecular complexity index is 481. The molecule has 0 spiro atoms. The van der Waals surface area contributed by atoms with Crippen molar-refractivity contribution in [3.05, 3.63) is 29.8 Å². The molecule has 4 nitrogen and oxygen atoms in total. The Morgan fingerprint density at radius 1 is 1.29 bits per heavy atom. The highest BCUT2D eigenvalue weighted by Crippen LogP contribution is 2.29. The van der Waals surface area contributed by atoms with Gasteiger partial charge in [-0.05, 0) is 55.6 Å². The Kier molecular flexibility index (Phi) is 5.22. The van der Waals surface area contributed by atoms with Crippen LogP contribution in [0.25, 0.3) is 0 Å². The van der Waals surface area contributed by atoms with Crippen molar-refractivity contribution in [2.75, 3.05) is 26.2 Å². The van der Waals surface area contributed by atoms with Gasteiger partial charge in [0.1, 0.15) is 18.5 Å². The van der Waals surface area contributed by atoms with Crippen LogP contribution < -0.4 is 4.74 Å². The monoisotopic (exact) mass is 288 g/mol. The predicted octanol–water partition coefficient (Wildman–Crippen LogP) is 2.42. The second-order valence-corrected chi connectivity index (χ2v) is 6.57. The maximum Gasteiger partial charge on any atom is 0.119 e. The van der Waals surface area contributed by atoms with Crippen molar-refractivity contribution in [2.24, 2.45) is 5.41 Å². The van der Waals surface area contributed by atoms with Gasteiger partial charge in [0.05, 0.1) is 11.6 Å². The molecule has 1 aromatic rings. The van der Waals surface area contributed by atoms with Gasteiger partial charge in [-0.15, -0.1) is 0 Å². The van der Waals surface area contributed by atoms with Gasteiger partial charge in [-0.1, -0.05) is 13.8 Å².